The van der Waals surface area contributed by atoms with Gasteiger partial charge in [0.05, 0.1) is 13.2 Å². The lowest BCUT2D eigenvalue weighted by molar-refractivity contribution is -0.121. The van der Waals surface area contributed by atoms with Crippen LogP contribution in [0.2, 0.25) is 0 Å². The number of hydrogen-bond donors (Lipinski definition) is 2. The monoisotopic (exact) mass is 200 g/mol. The summed E-state index contributed by atoms with van der Waals surface area (Å²) >= 11 is 0. The van der Waals surface area contributed by atoms with Crippen LogP contribution in [-0.4, -0.2) is 38.8 Å². The van der Waals surface area contributed by atoms with Gasteiger partial charge in [0.1, 0.15) is 0 Å². The molecule has 1 aliphatic rings. The van der Waals surface area contributed by atoms with Gasteiger partial charge in [0.15, 0.2) is 0 Å². The second kappa shape index (κ2) is 5.98. The smallest absolute Gasteiger partial charge is 0.234 e. The summed E-state index contributed by atoms with van der Waals surface area (Å²) in [4.78, 5) is 11.3. The van der Waals surface area contributed by atoms with E-state index in [1.54, 1.807) is 7.11 Å². The largest absolute Gasteiger partial charge is 0.383 e. The third kappa shape index (κ3) is 4.58. The van der Waals surface area contributed by atoms with Gasteiger partial charge in [0, 0.05) is 19.7 Å². The Morgan fingerprint density at radius 2 is 2.29 bits per heavy atom. The van der Waals surface area contributed by atoms with Crippen molar-refractivity contribution in [2.24, 2.45) is 5.92 Å². The van der Waals surface area contributed by atoms with E-state index in [9.17, 15) is 4.79 Å². The predicted molar refractivity (Wildman–Crippen MR) is 55.1 cm³/mol. The van der Waals surface area contributed by atoms with Gasteiger partial charge in [0.2, 0.25) is 5.91 Å². The average Bonchev–Trinajstić information content (AvgIpc) is 2.95. The minimum Gasteiger partial charge on any atom is -0.383 e. The molecule has 1 fully saturated rings. The van der Waals surface area contributed by atoms with E-state index >= 15 is 0 Å². The fraction of sp³-hybridized carbons (Fsp3) is 0.900. The quantitative estimate of drug-likeness (QED) is 0.575. The van der Waals surface area contributed by atoms with Gasteiger partial charge < -0.3 is 15.4 Å². The van der Waals surface area contributed by atoms with Crippen molar-refractivity contribution in [1.29, 1.82) is 0 Å². The molecule has 1 rings (SSSR count). The van der Waals surface area contributed by atoms with Crippen molar-refractivity contribution in [3.05, 3.63) is 0 Å². The van der Waals surface area contributed by atoms with E-state index in [1.807, 2.05) is 0 Å². The molecule has 0 aliphatic heterocycles. The molecule has 1 amide bonds. The summed E-state index contributed by atoms with van der Waals surface area (Å²) in [5.41, 5.74) is 0. The van der Waals surface area contributed by atoms with Gasteiger partial charge in [-0.1, -0.05) is 0 Å². The van der Waals surface area contributed by atoms with Crippen LogP contribution in [0.15, 0.2) is 0 Å². The highest BCUT2D eigenvalue weighted by Crippen LogP contribution is 2.32. The average molecular weight is 200 g/mol. The summed E-state index contributed by atoms with van der Waals surface area (Å²) in [5.74, 6) is 0.804. The molecule has 0 radical (unpaired) electrons. The van der Waals surface area contributed by atoms with Gasteiger partial charge in [-0.25, -0.2) is 0 Å². The molecule has 0 aromatic heterocycles. The van der Waals surface area contributed by atoms with Crippen LogP contribution in [0.4, 0.5) is 0 Å². The molecule has 82 valence electrons. The number of amides is 1. The fourth-order valence-electron chi connectivity index (χ4n) is 1.40. The Kier molecular flexibility index (Phi) is 4.90. The predicted octanol–water partition coefficient (Wildman–Crippen LogP) is 0.137. The molecule has 14 heavy (non-hydrogen) atoms. The van der Waals surface area contributed by atoms with E-state index in [1.165, 1.54) is 12.8 Å². The van der Waals surface area contributed by atoms with Gasteiger partial charge >= 0.3 is 0 Å². The van der Waals surface area contributed by atoms with Crippen molar-refractivity contribution in [3.8, 4) is 0 Å². The van der Waals surface area contributed by atoms with Gasteiger partial charge in [-0.3, -0.25) is 4.79 Å². The molecule has 0 spiro atoms. The second-order valence-electron chi connectivity index (χ2n) is 3.86. The van der Waals surface area contributed by atoms with Crippen molar-refractivity contribution in [3.63, 3.8) is 0 Å². The van der Waals surface area contributed by atoms with Crippen molar-refractivity contribution < 1.29 is 9.53 Å². The van der Waals surface area contributed by atoms with Crippen LogP contribution < -0.4 is 10.6 Å². The normalized spacial score (nSPS) is 17.9. The number of carbonyl (C=O) groups excluding carboxylic acids is 1. The van der Waals surface area contributed by atoms with E-state index in [0.29, 0.717) is 19.2 Å². The zero-order valence-electron chi connectivity index (χ0n) is 9.01. The molecule has 1 saturated carbocycles. The SMILES string of the molecule is COCCNCC(=O)NC(C)C1CC1. The van der Waals surface area contributed by atoms with Gasteiger partial charge in [0.25, 0.3) is 0 Å². The third-order valence-electron chi connectivity index (χ3n) is 2.49. The van der Waals surface area contributed by atoms with Crippen molar-refractivity contribution in [2.75, 3.05) is 26.8 Å². The summed E-state index contributed by atoms with van der Waals surface area (Å²) < 4.78 is 4.86. The van der Waals surface area contributed by atoms with Crippen molar-refractivity contribution in [2.45, 2.75) is 25.8 Å². The van der Waals surface area contributed by atoms with Crippen LogP contribution in [0.5, 0.6) is 0 Å². The fourth-order valence-corrected chi connectivity index (χ4v) is 1.40. The van der Waals surface area contributed by atoms with Crippen LogP contribution in [0.3, 0.4) is 0 Å². The maximum atomic E-state index is 11.3. The standard InChI is InChI=1S/C10H20N2O2/c1-8(9-3-4-9)12-10(13)7-11-5-6-14-2/h8-9,11H,3-7H2,1-2H3,(H,12,13). The first kappa shape index (κ1) is 11.5. The topological polar surface area (TPSA) is 50.4 Å². The van der Waals surface area contributed by atoms with Crippen LogP contribution >= 0.6 is 0 Å². The van der Waals surface area contributed by atoms with Gasteiger partial charge in [-0.15, -0.1) is 0 Å². The number of rotatable bonds is 7. The Morgan fingerprint density at radius 3 is 2.86 bits per heavy atom. The highest BCUT2D eigenvalue weighted by atomic mass is 16.5. The van der Waals surface area contributed by atoms with E-state index in [-0.39, 0.29) is 5.91 Å². The van der Waals surface area contributed by atoms with Crippen LogP contribution in [-0.2, 0) is 9.53 Å². The minimum atomic E-state index is 0.0838. The summed E-state index contributed by atoms with van der Waals surface area (Å²) in [6.45, 7) is 3.83. The number of nitrogens with one attached hydrogen (secondary N) is 2. The van der Waals surface area contributed by atoms with Crippen LogP contribution in [0, 0.1) is 5.92 Å². The molecule has 0 saturated heterocycles. The maximum Gasteiger partial charge on any atom is 0.234 e. The zero-order valence-corrected chi connectivity index (χ0v) is 9.01. The molecule has 4 heteroatoms. The highest BCUT2D eigenvalue weighted by Gasteiger charge is 2.28. The molecular weight excluding hydrogens is 180 g/mol. The molecule has 4 nitrogen and oxygen atoms in total. The van der Waals surface area contributed by atoms with Crippen molar-refractivity contribution >= 4 is 5.91 Å². The summed E-state index contributed by atoms with van der Waals surface area (Å²) in [6.07, 6.45) is 2.52. The van der Waals surface area contributed by atoms with Crippen molar-refractivity contribution in [1.82, 2.24) is 10.6 Å². The first-order valence-electron chi connectivity index (χ1n) is 5.23. The number of hydrogen-bond acceptors (Lipinski definition) is 3. The van der Waals surface area contributed by atoms with Gasteiger partial charge in [-0.05, 0) is 25.7 Å². The van der Waals surface area contributed by atoms with E-state index in [2.05, 4.69) is 17.6 Å². The molecule has 0 bridgehead atoms. The Morgan fingerprint density at radius 1 is 1.57 bits per heavy atom. The zero-order chi connectivity index (χ0) is 10.4. The van der Waals surface area contributed by atoms with Gasteiger partial charge in [-0.2, -0.15) is 0 Å². The Bertz CT molecular complexity index is 181. The molecule has 0 aromatic carbocycles. The van der Waals surface area contributed by atoms with E-state index in [4.69, 9.17) is 4.74 Å². The summed E-state index contributed by atoms with van der Waals surface area (Å²) in [5, 5.41) is 5.99. The number of ether oxygens (including phenoxy) is 1. The Hall–Kier alpha value is -0.610. The molecule has 1 unspecified atom stereocenters. The second-order valence-corrected chi connectivity index (χ2v) is 3.86. The lowest BCUT2D eigenvalue weighted by Crippen LogP contribution is -2.40. The van der Waals surface area contributed by atoms with Crippen LogP contribution in [0.25, 0.3) is 0 Å². The van der Waals surface area contributed by atoms with Crippen LogP contribution in [0.1, 0.15) is 19.8 Å². The molecule has 2 N–H and O–H groups in total. The lowest BCUT2D eigenvalue weighted by atomic mass is 10.2. The first-order chi connectivity index (χ1) is 6.74. The lowest BCUT2D eigenvalue weighted by Gasteiger charge is -2.12. The Balaban J connectivity index is 1.97. The van der Waals surface area contributed by atoms with E-state index in [0.717, 1.165) is 12.5 Å². The first-order valence-corrected chi connectivity index (χ1v) is 5.23. The molecule has 0 heterocycles. The number of carbonyl (C=O) groups is 1. The molecule has 1 aliphatic carbocycles. The third-order valence-corrected chi connectivity index (χ3v) is 2.49. The molecule has 0 aromatic rings. The summed E-state index contributed by atoms with van der Waals surface area (Å²) in [6, 6.07) is 0.340. The summed E-state index contributed by atoms with van der Waals surface area (Å²) in [7, 11) is 1.65. The highest BCUT2D eigenvalue weighted by molar-refractivity contribution is 5.78. The molecular formula is C10H20N2O2. The molecule has 1 atom stereocenters. The van der Waals surface area contributed by atoms with E-state index < -0.39 is 0 Å². The Labute approximate surface area is 85.4 Å². The number of methoxy groups -OCH3 is 1. The maximum absolute atomic E-state index is 11.3. The minimum absolute atomic E-state index is 0.0838.